The highest BCUT2D eigenvalue weighted by atomic mass is 19.1. The molecule has 0 spiro atoms. The average Bonchev–Trinajstić information content (AvgIpc) is 3.54. The number of halogens is 1. The number of imidazole rings is 1. The lowest BCUT2D eigenvalue weighted by atomic mass is 9.75. The van der Waals surface area contributed by atoms with Crippen LogP contribution in [0.25, 0.3) is 16.4 Å². The van der Waals surface area contributed by atoms with Crippen LogP contribution < -0.4 is 0 Å². The molecule has 3 aromatic heterocycles. The van der Waals surface area contributed by atoms with Crippen LogP contribution in [0, 0.1) is 11.7 Å². The number of hydrogen-bond acceptors (Lipinski definition) is 3. The standard InChI is InChI=1S/C26H26FN3O/c27-23-3-1-2-22-20(12-13-29-24(22)23)16-6-8-18(9-7-16)26(31)25-21(17-4-5-17)11-10-19-14-28-15-30(19)25/h1-3,10-18,26,31H,4-9H2/t16-,18-,26-/m1/s1. The van der Waals surface area contributed by atoms with Crippen LogP contribution in [-0.2, 0) is 0 Å². The maximum atomic E-state index is 14.2. The van der Waals surface area contributed by atoms with Crippen LogP contribution in [0.2, 0.25) is 0 Å². The van der Waals surface area contributed by atoms with Crippen LogP contribution in [0.15, 0.2) is 55.1 Å². The van der Waals surface area contributed by atoms with Crippen molar-refractivity contribution in [3.63, 3.8) is 0 Å². The molecule has 2 saturated carbocycles. The number of hydrogen-bond donors (Lipinski definition) is 1. The Morgan fingerprint density at radius 1 is 0.935 bits per heavy atom. The smallest absolute Gasteiger partial charge is 0.149 e. The van der Waals surface area contributed by atoms with Gasteiger partial charge in [0.15, 0.2) is 0 Å². The Labute approximate surface area is 180 Å². The molecule has 3 heterocycles. The van der Waals surface area contributed by atoms with E-state index in [9.17, 15) is 9.50 Å². The molecule has 1 aromatic carbocycles. The van der Waals surface area contributed by atoms with Gasteiger partial charge in [0, 0.05) is 11.6 Å². The van der Waals surface area contributed by atoms with Crippen molar-refractivity contribution in [3.05, 3.63) is 77.8 Å². The van der Waals surface area contributed by atoms with Crippen molar-refractivity contribution in [2.45, 2.75) is 56.5 Å². The number of pyridine rings is 2. The predicted octanol–water partition coefficient (Wildman–Crippen LogP) is 5.91. The molecule has 0 radical (unpaired) electrons. The third kappa shape index (κ3) is 3.23. The fourth-order valence-corrected chi connectivity index (χ4v) is 5.57. The molecular weight excluding hydrogens is 389 g/mol. The zero-order chi connectivity index (χ0) is 20.9. The van der Waals surface area contributed by atoms with Gasteiger partial charge in [-0.25, -0.2) is 9.37 Å². The van der Waals surface area contributed by atoms with Crippen molar-refractivity contribution in [2.75, 3.05) is 0 Å². The first-order valence-electron chi connectivity index (χ1n) is 11.4. The quantitative estimate of drug-likeness (QED) is 0.451. The van der Waals surface area contributed by atoms with E-state index in [-0.39, 0.29) is 11.7 Å². The van der Waals surface area contributed by atoms with Gasteiger partial charge < -0.3 is 9.51 Å². The zero-order valence-electron chi connectivity index (χ0n) is 17.4. The monoisotopic (exact) mass is 415 g/mol. The first kappa shape index (κ1) is 18.9. The Balaban J connectivity index is 1.27. The maximum Gasteiger partial charge on any atom is 0.149 e. The molecule has 31 heavy (non-hydrogen) atoms. The Kier molecular flexibility index (Phi) is 4.53. The largest absolute Gasteiger partial charge is 0.387 e. The van der Waals surface area contributed by atoms with E-state index in [0.717, 1.165) is 42.3 Å². The van der Waals surface area contributed by atoms with Crippen molar-refractivity contribution in [3.8, 4) is 0 Å². The number of aliphatic hydroxyl groups excluding tert-OH is 1. The van der Waals surface area contributed by atoms with Gasteiger partial charge in [-0.2, -0.15) is 0 Å². The zero-order valence-corrected chi connectivity index (χ0v) is 17.4. The predicted molar refractivity (Wildman–Crippen MR) is 119 cm³/mol. The number of benzene rings is 1. The van der Waals surface area contributed by atoms with Gasteiger partial charge in [0.2, 0.25) is 0 Å². The fraction of sp³-hybridized carbons (Fsp3) is 0.385. The second kappa shape index (κ2) is 7.41. The SMILES string of the molecule is O[C@@H](c1c(C2CC2)ccc2cncn12)[C@H]1CC[C@H](c2ccnc3c(F)cccc32)CC1. The topological polar surface area (TPSA) is 50.4 Å². The van der Waals surface area contributed by atoms with Gasteiger partial charge in [0.1, 0.15) is 11.3 Å². The van der Waals surface area contributed by atoms with Crippen molar-refractivity contribution < 1.29 is 9.50 Å². The van der Waals surface area contributed by atoms with Crippen LogP contribution >= 0.6 is 0 Å². The first-order chi connectivity index (χ1) is 15.2. The summed E-state index contributed by atoms with van der Waals surface area (Å²) in [5.41, 5.74) is 5.02. The van der Waals surface area contributed by atoms with Crippen molar-refractivity contribution in [1.82, 2.24) is 14.4 Å². The Hall–Kier alpha value is -2.79. The van der Waals surface area contributed by atoms with Gasteiger partial charge in [-0.3, -0.25) is 4.98 Å². The normalized spacial score (nSPS) is 22.8. The lowest BCUT2D eigenvalue weighted by molar-refractivity contribution is 0.0755. The van der Waals surface area contributed by atoms with E-state index in [4.69, 9.17) is 0 Å². The van der Waals surface area contributed by atoms with Crippen LogP contribution in [0.1, 0.15) is 73.3 Å². The molecule has 2 aliphatic carbocycles. The number of aromatic nitrogens is 3. The summed E-state index contributed by atoms with van der Waals surface area (Å²) in [7, 11) is 0. The van der Waals surface area contributed by atoms with Gasteiger partial charge in [-0.15, -0.1) is 0 Å². The van der Waals surface area contributed by atoms with E-state index in [1.54, 1.807) is 12.3 Å². The number of aliphatic hydroxyl groups is 1. The number of fused-ring (bicyclic) bond motifs is 2. The molecule has 2 aliphatic rings. The number of rotatable bonds is 4. The highest BCUT2D eigenvalue weighted by Gasteiger charge is 2.34. The second-order valence-electron chi connectivity index (χ2n) is 9.23. The Morgan fingerprint density at radius 2 is 1.71 bits per heavy atom. The molecule has 0 aliphatic heterocycles. The summed E-state index contributed by atoms with van der Waals surface area (Å²) in [6.07, 6.45) is 11.3. The lowest BCUT2D eigenvalue weighted by Gasteiger charge is -2.33. The molecule has 2 fully saturated rings. The summed E-state index contributed by atoms with van der Waals surface area (Å²) in [6.45, 7) is 0. The fourth-order valence-electron chi connectivity index (χ4n) is 5.57. The minimum atomic E-state index is -0.485. The van der Waals surface area contributed by atoms with Crippen molar-refractivity contribution in [1.29, 1.82) is 0 Å². The Bertz CT molecular complexity index is 1250. The van der Waals surface area contributed by atoms with Gasteiger partial charge in [-0.1, -0.05) is 18.2 Å². The molecule has 1 atom stereocenters. The van der Waals surface area contributed by atoms with Gasteiger partial charge >= 0.3 is 0 Å². The molecule has 158 valence electrons. The van der Waals surface area contributed by atoms with E-state index in [2.05, 4.69) is 26.5 Å². The van der Waals surface area contributed by atoms with E-state index >= 15 is 0 Å². The molecule has 4 nitrogen and oxygen atoms in total. The molecule has 0 unspecified atom stereocenters. The van der Waals surface area contributed by atoms with Crippen LogP contribution in [0.3, 0.4) is 0 Å². The van der Waals surface area contributed by atoms with Crippen molar-refractivity contribution >= 4 is 16.4 Å². The molecule has 5 heteroatoms. The summed E-state index contributed by atoms with van der Waals surface area (Å²) < 4.78 is 16.3. The summed E-state index contributed by atoms with van der Waals surface area (Å²) in [5, 5.41) is 12.4. The van der Waals surface area contributed by atoms with Gasteiger partial charge in [0.25, 0.3) is 0 Å². The second-order valence-corrected chi connectivity index (χ2v) is 9.23. The van der Waals surface area contributed by atoms with E-state index in [1.807, 2.05) is 24.7 Å². The third-order valence-corrected chi connectivity index (χ3v) is 7.37. The third-order valence-electron chi connectivity index (χ3n) is 7.37. The molecule has 6 rings (SSSR count). The van der Waals surface area contributed by atoms with E-state index in [1.165, 1.54) is 30.0 Å². The van der Waals surface area contributed by atoms with Crippen LogP contribution in [0.4, 0.5) is 4.39 Å². The van der Waals surface area contributed by atoms with Crippen LogP contribution in [0.5, 0.6) is 0 Å². The minimum absolute atomic E-state index is 0.228. The molecule has 0 amide bonds. The lowest BCUT2D eigenvalue weighted by Crippen LogP contribution is -2.22. The molecule has 0 bridgehead atoms. The maximum absolute atomic E-state index is 14.2. The number of nitrogens with zero attached hydrogens (tertiary/aromatic N) is 3. The van der Waals surface area contributed by atoms with E-state index < -0.39 is 6.10 Å². The number of para-hydroxylation sites is 1. The highest BCUT2D eigenvalue weighted by molar-refractivity contribution is 5.83. The van der Waals surface area contributed by atoms with E-state index in [0.29, 0.717) is 17.4 Å². The van der Waals surface area contributed by atoms with Gasteiger partial charge in [0.05, 0.1) is 29.8 Å². The highest BCUT2D eigenvalue weighted by Crippen LogP contribution is 2.47. The average molecular weight is 416 g/mol. The molecule has 4 aromatic rings. The van der Waals surface area contributed by atoms with Gasteiger partial charge in [-0.05, 0) is 85.6 Å². The summed E-state index contributed by atoms with van der Waals surface area (Å²) in [4.78, 5) is 8.56. The first-order valence-corrected chi connectivity index (χ1v) is 11.4. The minimum Gasteiger partial charge on any atom is -0.387 e. The summed E-state index contributed by atoms with van der Waals surface area (Å²) >= 11 is 0. The van der Waals surface area contributed by atoms with Crippen LogP contribution in [-0.4, -0.2) is 19.5 Å². The van der Waals surface area contributed by atoms with Crippen molar-refractivity contribution in [2.24, 2.45) is 5.92 Å². The molecule has 0 saturated heterocycles. The summed E-state index contributed by atoms with van der Waals surface area (Å²) in [6, 6.07) is 11.6. The Morgan fingerprint density at radius 3 is 2.52 bits per heavy atom. The molecular formula is C26H26FN3O. The molecule has 1 N–H and O–H groups in total. The summed E-state index contributed by atoms with van der Waals surface area (Å²) in [5.74, 6) is 0.921.